The van der Waals surface area contributed by atoms with E-state index in [4.69, 9.17) is 9.47 Å². The van der Waals surface area contributed by atoms with Crippen molar-refractivity contribution in [3.8, 4) is 11.5 Å². The predicted molar refractivity (Wildman–Crippen MR) is 111 cm³/mol. The number of hydrogen-bond donors (Lipinski definition) is 0. The van der Waals surface area contributed by atoms with Crippen molar-refractivity contribution in [2.75, 3.05) is 0 Å². The van der Waals surface area contributed by atoms with E-state index in [9.17, 15) is 9.59 Å². The van der Waals surface area contributed by atoms with Crippen LogP contribution in [-0.4, -0.2) is 11.9 Å². The molecule has 29 heavy (non-hydrogen) atoms. The second kappa shape index (κ2) is 7.36. The van der Waals surface area contributed by atoms with Crippen molar-refractivity contribution in [3.63, 3.8) is 0 Å². The average Bonchev–Trinajstić information content (AvgIpc) is 3.29. The van der Waals surface area contributed by atoms with Gasteiger partial charge >= 0.3 is 11.9 Å². The average molecular weight is 388 g/mol. The molecule has 2 bridgehead atoms. The maximum absolute atomic E-state index is 13.0. The van der Waals surface area contributed by atoms with Gasteiger partial charge in [0.05, 0.1) is 11.1 Å². The highest BCUT2D eigenvalue weighted by atomic mass is 16.5. The van der Waals surface area contributed by atoms with Crippen molar-refractivity contribution in [2.45, 2.75) is 34.1 Å². The minimum absolute atomic E-state index is 0.0984. The van der Waals surface area contributed by atoms with Gasteiger partial charge in [-0.1, -0.05) is 36.4 Å². The summed E-state index contributed by atoms with van der Waals surface area (Å²) in [5.74, 6) is -0.0857. The zero-order chi connectivity index (χ0) is 20.7. The molecular formula is C25H24O4. The summed E-state index contributed by atoms with van der Waals surface area (Å²) >= 11 is 0. The Morgan fingerprint density at radius 1 is 0.724 bits per heavy atom. The lowest BCUT2D eigenvalue weighted by Crippen LogP contribution is -2.23. The number of fused-ring (bicyclic) bond motifs is 2. The number of benzene rings is 2. The monoisotopic (exact) mass is 388 g/mol. The van der Waals surface area contributed by atoms with Crippen LogP contribution in [0.15, 0.2) is 59.7 Å². The summed E-state index contributed by atoms with van der Waals surface area (Å²) in [4.78, 5) is 26.1. The van der Waals surface area contributed by atoms with Crippen LogP contribution in [-0.2, 0) is 9.59 Å². The third-order valence-corrected chi connectivity index (χ3v) is 5.65. The lowest BCUT2D eigenvalue weighted by molar-refractivity contribution is -0.133. The molecule has 0 heterocycles. The molecule has 0 aliphatic heterocycles. The number of ether oxygens (including phenoxy) is 2. The summed E-state index contributed by atoms with van der Waals surface area (Å²) in [6.45, 7) is 7.69. The zero-order valence-corrected chi connectivity index (χ0v) is 17.1. The minimum atomic E-state index is -0.469. The van der Waals surface area contributed by atoms with E-state index < -0.39 is 11.9 Å². The quantitative estimate of drug-likeness (QED) is 0.423. The molecule has 2 unspecified atom stereocenters. The van der Waals surface area contributed by atoms with Gasteiger partial charge in [0, 0.05) is 11.8 Å². The van der Waals surface area contributed by atoms with Crippen LogP contribution in [0.5, 0.6) is 11.5 Å². The molecule has 2 aromatic rings. The van der Waals surface area contributed by atoms with Gasteiger partial charge in [-0.15, -0.1) is 0 Å². The van der Waals surface area contributed by atoms with Crippen LogP contribution < -0.4 is 9.47 Å². The molecule has 2 aromatic carbocycles. The first kappa shape index (κ1) is 19.2. The molecule has 2 aliphatic carbocycles. The molecule has 0 saturated carbocycles. The van der Waals surface area contributed by atoms with E-state index in [0.717, 1.165) is 22.3 Å². The highest BCUT2D eigenvalue weighted by molar-refractivity contribution is 6.04. The van der Waals surface area contributed by atoms with Crippen LogP contribution in [0.3, 0.4) is 0 Å². The van der Waals surface area contributed by atoms with Gasteiger partial charge in [0.25, 0.3) is 0 Å². The first-order valence-electron chi connectivity index (χ1n) is 9.84. The molecule has 0 saturated heterocycles. The summed E-state index contributed by atoms with van der Waals surface area (Å²) in [6, 6.07) is 11.5. The lowest BCUT2D eigenvalue weighted by Gasteiger charge is -2.16. The standard InChI is InChI=1S/C25H24O4/c1-14-5-7-16(3)20(11-14)28-24(26)22-18-9-10-19(13-18)23(22)25(27)29-21-12-15(2)6-8-17(21)4/h5-12,18-19H,13H2,1-4H3. The first-order valence-corrected chi connectivity index (χ1v) is 9.84. The minimum Gasteiger partial charge on any atom is -0.423 e. The molecule has 2 atom stereocenters. The van der Waals surface area contributed by atoms with Crippen LogP contribution in [0.4, 0.5) is 0 Å². The molecule has 0 amide bonds. The summed E-state index contributed by atoms with van der Waals surface area (Å²) in [5, 5.41) is 0. The molecule has 0 radical (unpaired) electrons. The van der Waals surface area contributed by atoms with Crippen LogP contribution >= 0.6 is 0 Å². The topological polar surface area (TPSA) is 52.6 Å². The number of aryl methyl sites for hydroxylation is 4. The smallest absolute Gasteiger partial charge is 0.340 e. The third-order valence-electron chi connectivity index (χ3n) is 5.65. The van der Waals surface area contributed by atoms with Gasteiger partial charge in [0.1, 0.15) is 11.5 Å². The van der Waals surface area contributed by atoms with E-state index >= 15 is 0 Å². The predicted octanol–water partition coefficient (Wildman–Crippen LogP) is 4.93. The lowest BCUT2D eigenvalue weighted by atomic mass is 9.97. The van der Waals surface area contributed by atoms with E-state index in [1.165, 1.54) is 0 Å². The Morgan fingerprint density at radius 3 is 1.55 bits per heavy atom. The van der Waals surface area contributed by atoms with Crippen LogP contribution in [0.1, 0.15) is 28.7 Å². The van der Waals surface area contributed by atoms with Gasteiger partial charge in [-0.3, -0.25) is 0 Å². The fourth-order valence-corrected chi connectivity index (χ4v) is 3.99. The van der Waals surface area contributed by atoms with Gasteiger partial charge in [-0.05, 0) is 68.5 Å². The SMILES string of the molecule is Cc1ccc(C)c(OC(=O)C2=C(C(=O)Oc3cc(C)ccc3C)C3C=CC2C3)c1. The Kier molecular flexibility index (Phi) is 4.87. The van der Waals surface area contributed by atoms with Gasteiger partial charge in [0.15, 0.2) is 0 Å². The molecule has 0 aromatic heterocycles. The zero-order valence-electron chi connectivity index (χ0n) is 17.1. The van der Waals surface area contributed by atoms with E-state index in [1.54, 1.807) is 0 Å². The number of rotatable bonds is 4. The van der Waals surface area contributed by atoms with E-state index in [2.05, 4.69) is 0 Å². The molecule has 0 fully saturated rings. The van der Waals surface area contributed by atoms with E-state index in [1.807, 2.05) is 76.2 Å². The fourth-order valence-electron chi connectivity index (χ4n) is 3.99. The van der Waals surface area contributed by atoms with Gasteiger partial charge < -0.3 is 9.47 Å². The highest BCUT2D eigenvalue weighted by Gasteiger charge is 2.43. The van der Waals surface area contributed by atoms with Crippen molar-refractivity contribution in [3.05, 3.63) is 82.0 Å². The number of carbonyl (C=O) groups excluding carboxylic acids is 2. The fraction of sp³-hybridized carbons (Fsp3) is 0.280. The van der Waals surface area contributed by atoms with Crippen molar-refractivity contribution in [2.24, 2.45) is 11.8 Å². The van der Waals surface area contributed by atoms with Crippen LogP contribution in [0.2, 0.25) is 0 Å². The molecule has 4 nitrogen and oxygen atoms in total. The number of allylic oxidation sites excluding steroid dienone is 2. The Morgan fingerprint density at radius 2 is 1.14 bits per heavy atom. The Balaban J connectivity index is 1.64. The summed E-state index contributed by atoms with van der Waals surface area (Å²) < 4.78 is 11.4. The summed E-state index contributed by atoms with van der Waals surface area (Å²) in [7, 11) is 0. The normalized spacial score (nSPS) is 19.6. The van der Waals surface area contributed by atoms with Gasteiger partial charge in [0.2, 0.25) is 0 Å². The maximum Gasteiger partial charge on any atom is 0.340 e. The van der Waals surface area contributed by atoms with Crippen LogP contribution in [0, 0.1) is 39.5 Å². The van der Waals surface area contributed by atoms with Crippen molar-refractivity contribution < 1.29 is 19.1 Å². The molecule has 148 valence electrons. The molecular weight excluding hydrogens is 364 g/mol. The molecule has 2 aliphatic rings. The summed E-state index contributed by atoms with van der Waals surface area (Å²) in [6.07, 6.45) is 4.69. The molecule has 4 heteroatoms. The van der Waals surface area contributed by atoms with Crippen molar-refractivity contribution in [1.82, 2.24) is 0 Å². The largest absolute Gasteiger partial charge is 0.423 e. The highest BCUT2D eigenvalue weighted by Crippen LogP contribution is 2.45. The molecule has 0 spiro atoms. The van der Waals surface area contributed by atoms with E-state index in [-0.39, 0.29) is 11.8 Å². The van der Waals surface area contributed by atoms with Crippen molar-refractivity contribution >= 4 is 11.9 Å². The molecule has 0 N–H and O–H groups in total. The second-order valence-electron chi connectivity index (χ2n) is 7.98. The van der Waals surface area contributed by atoms with E-state index in [0.29, 0.717) is 29.1 Å². The Hall–Kier alpha value is -3.14. The number of esters is 2. The maximum atomic E-state index is 13.0. The third kappa shape index (κ3) is 3.63. The number of hydrogen-bond acceptors (Lipinski definition) is 4. The Bertz CT molecular complexity index is 991. The van der Waals surface area contributed by atoms with Crippen LogP contribution in [0.25, 0.3) is 0 Å². The van der Waals surface area contributed by atoms with Gasteiger partial charge in [-0.2, -0.15) is 0 Å². The van der Waals surface area contributed by atoms with Crippen molar-refractivity contribution in [1.29, 1.82) is 0 Å². The van der Waals surface area contributed by atoms with Gasteiger partial charge in [-0.25, -0.2) is 9.59 Å². The second-order valence-corrected chi connectivity index (χ2v) is 7.98. The number of carbonyl (C=O) groups is 2. The Labute approximate surface area is 170 Å². The molecule has 4 rings (SSSR count). The first-order chi connectivity index (χ1) is 13.8. The summed E-state index contributed by atoms with van der Waals surface area (Å²) in [5.41, 5.74) is 4.62.